The number of rotatable bonds is 4. The lowest BCUT2D eigenvalue weighted by molar-refractivity contribution is -0.130. The van der Waals surface area contributed by atoms with Crippen LogP contribution >= 0.6 is 0 Å². The Morgan fingerprint density at radius 3 is 2.96 bits per heavy atom. The van der Waals surface area contributed by atoms with Crippen molar-refractivity contribution in [1.29, 1.82) is 0 Å². The largest absolute Gasteiger partial charge is 0.337 e. The standard InChI is InChI=1S/C18H18N4O2/c1-2-14(22-11-5-8-15(22)23)18-20-17(21-24-18)16-13-7-4-3-6-12(13)9-10-19-16/h3-4,6-7,9-10,14H,2,5,8,11H2,1H3. The van der Waals surface area contributed by atoms with Gasteiger partial charge in [-0.3, -0.25) is 9.78 Å². The van der Waals surface area contributed by atoms with Crippen LogP contribution in [0.3, 0.4) is 0 Å². The third kappa shape index (κ3) is 2.44. The molecule has 1 aliphatic heterocycles. The Morgan fingerprint density at radius 2 is 2.17 bits per heavy atom. The third-order valence-corrected chi connectivity index (χ3v) is 4.49. The topological polar surface area (TPSA) is 72.1 Å². The van der Waals surface area contributed by atoms with Gasteiger partial charge in [0, 0.05) is 24.5 Å². The van der Waals surface area contributed by atoms with E-state index >= 15 is 0 Å². The van der Waals surface area contributed by atoms with E-state index in [1.807, 2.05) is 42.2 Å². The average molecular weight is 322 g/mol. The molecule has 1 atom stereocenters. The molecule has 1 amide bonds. The summed E-state index contributed by atoms with van der Waals surface area (Å²) in [5, 5.41) is 6.18. The molecule has 6 nitrogen and oxygen atoms in total. The van der Waals surface area contributed by atoms with E-state index in [0.29, 0.717) is 23.8 Å². The first-order valence-electron chi connectivity index (χ1n) is 8.25. The maximum atomic E-state index is 12.0. The van der Waals surface area contributed by atoms with E-state index < -0.39 is 0 Å². The predicted molar refractivity (Wildman–Crippen MR) is 89.0 cm³/mol. The van der Waals surface area contributed by atoms with Crippen molar-refractivity contribution in [2.75, 3.05) is 6.54 Å². The van der Waals surface area contributed by atoms with Crippen LogP contribution in [0.5, 0.6) is 0 Å². The quantitative estimate of drug-likeness (QED) is 0.736. The van der Waals surface area contributed by atoms with Crippen molar-refractivity contribution in [3.05, 3.63) is 42.4 Å². The van der Waals surface area contributed by atoms with Crippen LogP contribution in [0.1, 0.15) is 38.1 Å². The Balaban J connectivity index is 1.72. The van der Waals surface area contributed by atoms with E-state index in [1.54, 1.807) is 6.20 Å². The minimum atomic E-state index is -0.156. The lowest BCUT2D eigenvalue weighted by Crippen LogP contribution is -2.29. The van der Waals surface area contributed by atoms with Crippen molar-refractivity contribution in [3.63, 3.8) is 0 Å². The third-order valence-electron chi connectivity index (χ3n) is 4.49. The van der Waals surface area contributed by atoms with Gasteiger partial charge in [-0.25, -0.2) is 0 Å². The number of amides is 1. The minimum Gasteiger partial charge on any atom is -0.337 e. The van der Waals surface area contributed by atoms with Crippen molar-refractivity contribution in [2.24, 2.45) is 0 Å². The fourth-order valence-electron chi connectivity index (χ4n) is 3.29. The summed E-state index contributed by atoms with van der Waals surface area (Å²) in [6, 6.07) is 9.77. The fourth-order valence-corrected chi connectivity index (χ4v) is 3.29. The fraction of sp³-hybridized carbons (Fsp3) is 0.333. The first-order chi connectivity index (χ1) is 11.8. The molecule has 3 aromatic rings. The summed E-state index contributed by atoms with van der Waals surface area (Å²) < 4.78 is 5.49. The number of hydrogen-bond donors (Lipinski definition) is 0. The molecule has 2 aromatic heterocycles. The van der Waals surface area contributed by atoms with Crippen molar-refractivity contribution >= 4 is 16.7 Å². The zero-order valence-electron chi connectivity index (χ0n) is 13.5. The van der Waals surface area contributed by atoms with Gasteiger partial charge in [-0.15, -0.1) is 0 Å². The second-order valence-electron chi connectivity index (χ2n) is 5.95. The Hall–Kier alpha value is -2.76. The van der Waals surface area contributed by atoms with Crippen molar-refractivity contribution < 1.29 is 9.32 Å². The Bertz CT molecular complexity index is 884. The van der Waals surface area contributed by atoms with Gasteiger partial charge in [-0.1, -0.05) is 36.3 Å². The van der Waals surface area contributed by atoms with Crippen LogP contribution < -0.4 is 0 Å². The number of nitrogens with zero attached hydrogens (tertiary/aromatic N) is 4. The Kier molecular flexibility index (Phi) is 3.72. The second-order valence-corrected chi connectivity index (χ2v) is 5.95. The predicted octanol–water partition coefficient (Wildman–Crippen LogP) is 3.36. The van der Waals surface area contributed by atoms with Gasteiger partial charge in [0.2, 0.25) is 17.6 Å². The molecular weight excluding hydrogens is 304 g/mol. The zero-order chi connectivity index (χ0) is 16.5. The smallest absolute Gasteiger partial charge is 0.249 e. The van der Waals surface area contributed by atoms with Crippen LogP contribution in [0.25, 0.3) is 22.3 Å². The highest BCUT2D eigenvalue weighted by Crippen LogP contribution is 2.30. The summed E-state index contributed by atoms with van der Waals surface area (Å²) in [6.07, 6.45) is 3.98. The molecule has 0 spiro atoms. The molecule has 0 aliphatic carbocycles. The van der Waals surface area contributed by atoms with E-state index in [2.05, 4.69) is 15.1 Å². The lowest BCUT2D eigenvalue weighted by atomic mass is 10.1. The summed E-state index contributed by atoms with van der Waals surface area (Å²) in [7, 11) is 0. The van der Waals surface area contributed by atoms with Gasteiger partial charge >= 0.3 is 0 Å². The van der Waals surface area contributed by atoms with E-state index in [4.69, 9.17) is 4.52 Å². The summed E-state index contributed by atoms with van der Waals surface area (Å²) in [4.78, 5) is 22.8. The minimum absolute atomic E-state index is 0.156. The van der Waals surface area contributed by atoms with E-state index in [-0.39, 0.29) is 11.9 Å². The van der Waals surface area contributed by atoms with Gasteiger partial charge in [0.05, 0.1) is 0 Å². The molecule has 1 aliphatic rings. The highest BCUT2D eigenvalue weighted by molar-refractivity contribution is 5.92. The number of hydrogen-bond acceptors (Lipinski definition) is 5. The summed E-state index contributed by atoms with van der Waals surface area (Å²) >= 11 is 0. The van der Waals surface area contributed by atoms with Crippen molar-refractivity contribution in [1.82, 2.24) is 20.0 Å². The van der Waals surface area contributed by atoms with Crippen LogP contribution in [-0.2, 0) is 4.79 Å². The number of likely N-dealkylation sites (tertiary alicyclic amines) is 1. The number of benzene rings is 1. The molecule has 0 bridgehead atoms. The number of carbonyl (C=O) groups excluding carboxylic acids is 1. The SMILES string of the molecule is CCC(c1nc(-c2nccc3ccccc23)no1)N1CCCC1=O. The first kappa shape index (κ1) is 14.8. The molecule has 1 saturated heterocycles. The van der Waals surface area contributed by atoms with E-state index in [0.717, 1.165) is 30.2 Å². The van der Waals surface area contributed by atoms with Gasteiger partial charge < -0.3 is 9.42 Å². The number of fused-ring (bicyclic) bond motifs is 1. The molecule has 0 N–H and O–H groups in total. The number of pyridine rings is 1. The molecule has 24 heavy (non-hydrogen) atoms. The van der Waals surface area contributed by atoms with Crippen LogP contribution in [0.2, 0.25) is 0 Å². The number of aromatic nitrogens is 3. The van der Waals surface area contributed by atoms with Crippen LogP contribution in [0, 0.1) is 0 Å². The van der Waals surface area contributed by atoms with E-state index in [9.17, 15) is 4.79 Å². The molecule has 122 valence electrons. The van der Waals surface area contributed by atoms with Crippen molar-refractivity contribution in [2.45, 2.75) is 32.2 Å². The highest BCUT2D eigenvalue weighted by atomic mass is 16.5. The monoisotopic (exact) mass is 322 g/mol. The first-order valence-corrected chi connectivity index (χ1v) is 8.25. The molecular formula is C18H18N4O2. The van der Waals surface area contributed by atoms with Gasteiger partial charge in [0.1, 0.15) is 11.7 Å². The van der Waals surface area contributed by atoms with Crippen LogP contribution in [0.15, 0.2) is 41.1 Å². The van der Waals surface area contributed by atoms with Crippen LogP contribution in [-0.4, -0.2) is 32.5 Å². The Labute approximate surface area is 139 Å². The Morgan fingerprint density at radius 1 is 1.29 bits per heavy atom. The van der Waals surface area contributed by atoms with Crippen LogP contribution in [0.4, 0.5) is 0 Å². The average Bonchev–Trinajstić information content (AvgIpc) is 3.26. The van der Waals surface area contributed by atoms with Gasteiger partial charge in [-0.05, 0) is 24.3 Å². The molecule has 6 heteroatoms. The molecule has 0 saturated carbocycles. The summed E-state index contributed by atoms with van der Waals surface area (Å²) in [5.74, 6) is 1.11. The van der Waals surface area contributed by atoms with Gasteiger partial charge in [0.15, 0.2) is 0 Å². The van der Waals surface area contributed by atoms with Gasteiger partial charge in [0.25, 0.3) is 0 Å². The van der Waals surface area contributed by atoms with E-state index in [1.165, 1.54) is 0 Å². The normalized spacial score (nSPS) is 16.0. The zero-order valence-corrected chi connectivity index (χ0v) is 13.5. The maximum Gasteiger partial charge on any atom is 0.249 e. The maximum absolute atomic E-state index is 12.0. The summed E-state index contributed by atoms with van der Waals surface area (Å²) in [5.41, 5.74) is 0.700. The molecule has 1 aromatic carbocycles. The highest BCUT2D eigenvalue weighted by Gasteiger charge is 2.31. The second kappa shape index (κ2) is 6.03. The van der Waals surface area contributed by atoms with Crippen molar-refractivity contribution in [3.8, 4) is 11.5 Å². The molecule has 1 fully saturated rings. The molecule has 0 radical (unpaired) electrons. The molecule has 1 unspecified atom stereocenters. The molecule has 3 heterocycles. The lowest BCUT2D eigenvalue weighted by Gasteiger charge is -2.23. The molecule has 4 rings (SSSR count). The van der Waals surface area contributed by atoms with Gasteiger partial charge in [-0.2, -0.15) is 4.98 Å². The number of carbonyl (C=O) groups is 1. The summed E-state index contributed by atoms with van der Waals surface area (Å²) in [6.45, 7) is 2.78.